The standard InChI is InChI=1S/C20H28N2O3/c1-5-7-8-13-22-18(14-9-11-15(12-10-14)21(3)4)17(16(23)6-2)19(24)20(22)25/h9-12,18,24H,5-8,13H2,1-4H3. The third-order valence-corrected chi connectivity index (χ3v) is 4.65. The molecule has 5 heteroatoms. The van der Waals surface area contributed by atoms with Gasteiger partial charge in [-0.3, -0.25) is 9.59 Å². The van der Waals surface area contributed by atoms with Crippen LogP contribution in [0.5, 0.6) is 0 Å². The van der Waals surface area contributed by atoms with Gasteiger partial charge in [0.25, 0.3) is 5.91 Å². The molecule has 136 valence electrons. The molecule has 0 aliphatic carbocycles. The van der Waals surface area contributed by atoms with E-state index in [9.17, 15) is 14.7 Å². The van der Waals surface area contributed by atoms with Gasteiger partial charge in [-0.25, -0.2) is 0 Å². The number of nitrogens with zero attached hydrogens (tertiary/aromatic N) is 2. The average Bonchev–Trinajstić information content (AvgIpc) is 2.86. The van der Waals surface area contributed by atoms with Crippen LogP contribution in [-0.4, -0.2) is 42.3 Å². The number of carbonyl (C=O) groups excluding carboxylic acids is 2. The highest BCUT2D eigenvalue weighted by molar-refractivity contribution is 6.08. The Labute approximate surface area is 149 Å². The van der Waals surface area contributed by atoms with Gasteiger partial charge in [0.15, 0.2) is 11.5 Å². The molecule has 1 amide bonds. The summed E-state index contributed by atoms with van der Waals surface area (Å²) in [6.45, 7) is 4.39. The lowest BCUT2D eigenvalue weighted by Crippen LogP contribution is -2.32. The predicted molar refractivity (Wildman–Crippen MR) is 99.7 cm³/mol. The van der Waals surface area contributed by atoms with Gasteiger partial charge in [0.2, 0.25) is 0 Å². The number of hydrogen-bond donors (Lipinski definition) is 1. The number of anilines is 1. The predicted octanol–water partition coefficient (Wildman–Crippen LogP) is 3.62. The maximum Gasteiger partial charge on any atom is 0.290 e. The van der Waals surface area contributed by atoms with E-state index in [0.29, 0.717) is 6.54 Å². The van der Waals surface area contributed by atoms with Crippen molar-refractivity contribution in [3.05, 3.63) is 41.2 Å². The number of unbranched alkanes of at least 4 members (excludes halogenated alkanes) is 2. The summed E-state index contributed by atoms with van der Waals surface area (Å²) >= 11 is 0. The normalized spacial score (nSPS) is 17.4. The molecule has 1 aliphatic heterocycles. The quantitative estimate of drug-likeness (QED) is 0.732. The van der Waals surface area contributed by atoms with Crippen LogP contribution in [0.15, 0.2) is 35.6 Å². The number of Topliss-reactive ketones (excluding diaryl/α,β-unsaturated/α-hetero) is 1. The first-order valence-electron chi connectivity index (χ1n) is 8.96. The third-order valence-electron chi connectivity index (χ3n) is 4.65. The maximum atomic E-state index is 12.5. The van der Waals surface area contributed by atoms with Crippen molar-refractivity contribution in [3.63, 3.8) is 0 Å². The first-order chi connectivity index (χ1) is 11.9. The number of rotatable bonds is 8. The van der Waals surface area contributed by atoms with Crippen LogP contribution < -0.4 is 4.90 Å². The van der Waals surface area contributed by atoms with Crippen molar-refractivity contribution in [2.75, 3.05) is 25.5 Å². The minimum Gasteiger partial charge on any atom is -0.503 e. The van der Waals surface area contributed by atoms with Gasteiger partial charge in [0, 0.05) is 32.7 Å². The number of amides is 1. The van der Waals surface area contributed by atoms with Gasteiger partial charge in [0.05, 0.1) is 11.6 Å². The Morgan fingerprint density at radius 2 is 1.80 bits per heavy atom. The Morgan fingerprint density at radius 1 is 1.16 bits per heavy atom. The zero-order valence-corrected chi connectivity index (χ0v) is 15.6. The number of aliphatic hydroxyl groups excluding tert-OH is 1. The van der Waals surface area contributed by atoms with Crippen molar-refractivity contribution in [1.82, 2.24) is 4.90 Å². The molecule has 0 saturated carbocycles. The molecule has 0 bridgehead atoms. The van der Waals surface area contributed by atoms with E-state index < -0.39 is 11.9 Å². The van der Waals surface area contributed by atoms with E-state index in [1.807, 2.05) is 43.3 Å². The summed E-state index contributed by atoms with van der Waals surface area (Å²) in [7, 11) is 3.92. The maximum absolute atomic E-state index is 12.5. The van der Waals surface area contributed by atoms with Gasteiger partial charge < -0.3 is 14.9 Å². The van der Waals surface area contributed by atoms with Crippen LogP contribution >= 0.6 is 0 Å². The number of hydrogen-bond acceptors (Lipinski definition) is 4. The Hall–Kier alpha value is -2.30. The summed E-state index contributed by atoms with van der Waals surface area (Å²) in [6, 6.07) is 7.30. The smallest absolute Gasteiger partial charge is 0.290 e. The van der Waals surface area contributed by atoms with Crippen molar-refractivity contribution >= 4 is 17.4 Å². The van der Waals surface area contributed by atoms with E-state index in [0.717, 1.165) is 30.5 Å². The molecule has 1 aromatic rings. The lowest BCUT2D eigenvalue weighted by atomic mass is 9.94. The first kappa shape index (κ1) is 19.0. The Balaban J connectivity index is 2.41. The Bertz CT molecular complexity index is 662. The molecular formula is C20H28N2O3. The van der Waals surface area contributed by atoms with Gasteiger partial charge in [-0.15, -0.1) is 0 Å². The van der Waals surface area contributed by atoms with Gasteiger partial charge in [-0.2, -0.15) is 0 Å². The molecule has 0 fully saturated rings. The molecule has 2 rings (SSSR count). The Kier molecular flexibility index (Phi) is 6.23. The molecule has 0 radical (unpaired) electrons. The minimum absolute atomic E-state index is 0.175. The summed E-state index contributed by atoms with van der Waals surface area (Å²) in [6.07, 6.45) is 3.18. The molecular weight excluding hydrogens is 316 g/mol. The zero-order chi connectivity index (χ0) is 18.6. The fraction of sp³-hybridized carbons (Fsp3) is 0.500. The summed E-state index contributed by atoms with van der Waals surface area (Å²) in [5, 5.41) is 10.3. The van der Waals surface area contributed by atoms with Crippen molar-refractivity contribution < 1.29 is 14.7 Å². The number of ketones is 1. The topological polar surface area (TPSA) is 60.9 Å². The van der Waals surface area contributed by atoms with Gasteiger partial charge >= 0.3 is 0 Å². The highest BCUT2D eigenvalue weighted by atomic mass is 16.3. The average molecular weight is 344 g/mol. The second-order valence-electron chi connectivity index (χ2n) is 6.63. The molecule has 0 saturated heterocycles. The molecule has 1 atom stereocenters. The molecule has 1 aromatic carbocycles. The molecule has 5 nitrogen and oxygen atoms in total. The van der Waals surface area contributed by atoms with Crippen LogP contribution in [-0.2, 0) is 9.59 Å². The minimum atomic E-state index is -0.493. The summed E-state index contributed by atoms with van der Waals surface area (Å²) < 4.78 is 0. The molecule has 0 spiro atoms. The largest absolute Gasteiger partial charge is 0.503 e. The van der Waals surface area contributed by atoms with Gasteiger partial charge in [-0.1, -0.05) is 38.8 Å². The highest BCUT2D eigenvalue weighted by Crippen LogP contribution is 2.38. The second kappa shape index (κ2) is 8.19. The van der Waals surface area contributed by atoms with E-state index in [-0.39, 0.29) is 23.5 Å². The number of carbonyl (C=O) groups is 2. The van der Waals surface area contributed by atoms with Crippen LogP contribution in [0.4, 0.5) is 5.69 Å². The van der Waals surface area contributed by atoms with Gasteiger partial charge in [0.1, 0.15) is 0 Å². The third kappa shape index (κ3) is 3.86. The van der Waals surface area contributed by atoms with Crippen molar-refractivity contribution in [3.8, 4) is 0 Å². The van der Waals surface area contributed by atoms with E-state index in [2.05, 4.69) is 6.92 Å². The zero-order valence-electron chi connectivity index (χ0n) is 15.6. The van der Waals surface area contributed by atoms with Crippen LogP contribution in [0, 0.1) is 0 Å². The summed E-state index contributed by atoms with van der Waals surface area (Å²) in [4.78, 5) is 28.6. The van der Waals surface area contributed by atoms with Crippen molar-refractivity contribution in [1.29, 1.82) is 0 Å². The molecule has 25 heavy (non-hydrogen) atoms. The van der Waals surface area contributed by atoms with Crippen LogP contribution in [0.3, 0.4) is 0 Å². The monoisotopic (exact) mass is 344 g/mol. The van der Waals surface area contributed by atoms with E-state index >= 15 is 0 Å². The molecule has 1 unspecified atom stereocenters. The lowest BCUT2D eigenvalue weighted by Gasteiger charge is -2.27. The molecule has 1 aliphatic rings. The van der Waals surface area contributed by atoms with Crippen LogP contribution in [0.2, 0.25) is 0 Å². The number of aliphatic hydroxyl groups is 1. The van der Waals surface area contributed by atoms with E-state index in [1.54, 1.807) is 11.8 Å². The lowest BCUT2D eigenvalue weighted by molar-refractivity contribution is -0.129. The summed E-state index contributed by atoms with van der Waals surface area (Å²) in [5.41, 5.74) is 2.14. The Morgan fingerprint density at radius 3 is 2.32 bits per heavy atom. The SMILES string of the molecule is CCCCCN1C(=O)C(O)=C(C(=O)CC)C1c1ccc(N(C)C)cc1. The molecule has 0 aromatic heterocycles. The fourth-order valence-corrected chi connectivity index (χ4v) is 3.19. The first-order valence-corrected chi connectivity index (χ1v) is 8.96. The van der Waals surface area contributed by atoms with E-state index in [1.165, 1.54) is 0 Å². The summed E-state index contributed by atoms with van der Waals surface area (Å²) in [5.74, 6) is -0.995. The number of benzene rings is 1. The second-order valence-corrected chi connectivity index (χ2v) is 6.63. The van der Waals surface area contributed by atoms with E-state index in [4.69, 9.17) is 0 Å². The van der Waals surface area contributed by atoms with Crippen molar-refractivity contribution in [2.45, 2.75) is 45.6 Å². The molecule has 1 N–H and O–H groups in total. The van der Waals surface area contributed by atoms with Crippen molar-refractivity contribution in [2.24, 2.45) is 0 Å². The fourth-order valence-electron chi connectivity index (χ4n) is 3.19. The van der Waals surface area contributed by atoms with Gasteiger partial charge in [-0.05, 0) is 24.1 Å². The van der Waals surface area contributed by atoms with Crippen LogP contribution in [0.1, 0.15) is 51.1 Å². The van der Waals surface area contributed by atoms with Crippen LogP contribution in [0.25, 0.3) is 0 Å². The highest BCUT2D eigenvalue weighted by Gasteiger charge is 2.42. The molecule has 1 heterocycles.